The van der Waals surface area contributed by atoms with Gasteiger partial charge in [-0.25, -0.2) is 28.9 Å². The fourth-order valence-electron chi connectivity index (χ4n) is 6.91. The van der Waals surface area contributed by atoms with Crippen molar-refractivity contribution in [2.75, 3.05) is 22.9 Å². The van der Waals surface area contributed by atoms with E-state index in [0.717, 1.165) is 31.0 Å². The Hall–Kier alpha value is -3.63. The third-order valence-electron chi connectivity index (χ3n) is 9.44. The van der Waals surface area contributed by atoms with Gasteiger partial charge in [-0.1, -0.05) is 47.6 Å². The minimum atomic E-state index is -1.26. The molecule has 0 saturated carbocycles. The maximum absolute atomic E-state index is 15.0. The number of halogens is 2. The van der Waals surface area contributed by atoms with Crippen molar-refractivity contribution in [2.45, 2.75) is 120 Å². The number of anilines is 2. The van der Waals surface area contributed by atoms with Gasteiger partial charge >= 0.3 is 12.2 Å². The lowest BCUT2D eigenvalue weighted by atomic mass is 9.73. The largest absolute Gasteiger partial charge is 0.598 e. The molecular formula is C39H49ClFN7O5S2. The number of rotatable bonds is 7. The van der Waals surface area contributed by atoms with E-state index in [1.54, 1.807) is 60.0 Å². The summed E-state index contributed by atoms with van der Waals surface area (Å²) < 4.78 is 44.4. The van der Waals surface area contributed by atoms with E-state index in [1.165, 1.54) is 17.3 Å². The van der Waals surface area contributed by atoms with Gasteiger partial charge in [0.1, 0.15) is 22.6 Å². The van der Waals surface area contributed by atoms with Crippen molar-refractivity contribution < 1.29 is 28.0 Å². The second kappa shape index (κ2) is 15.4. The van der Waals surface area contributed by atoms with Gasteiger partial charge in [0.2, 0.25) is 5.95 Å². The standard InChI is InChI=1S/C39H49ClFN7O5S2/c1-36(2,3)52-34(49)48(35(50)53-37(4,5)6)31-28(40)27(14-17-42-31)54-29-26(23-41)44-33(47-21-18-43-32(29)47)46-19-15-39(16-20-46)22-24-12-10-11-13-25(24)30(39)45-55(51)38(7,8)9/h10-14,17-18,21,30,45H,15-16,19-20,22-23H2,1-9H3/t30-,55-/m1/s1. The van der Waals surface area contributed by atoms with Crippen LogP contribution in [0.1, 0.15) is 98.0 Å². The molecule has 0 unspecified atom stereocenters. The van der Waals surface area contributed by atoms with Gasteiger partial charge in [-0.2, -0.15) is 4.90 Å². The molecule has 4 aromatic rings. The molecule has 55 heavy (non-hydrogen) atoms. The number of ether oxygens (including phenoxy) is 2. The molecule has 1 aliphatic carbocycles. The average molecular weight is 814 g/mol. The highest BCUT2D eigenvalue weighted by molar-refractivity contribution is 7.99. The van der Waals surface area contributed by atoms with E-state index < -0.39 is 46.2 Å². The normalized spacial score (nSPS) is 17.7. The molecule has 12 nitrogen and oxygen atoms in total. The van der Waals surface area contributed by atoms with Gasteiger partial charge in [-0.3, -0.25) is 4.40 Å². The number of pyridine rings is 1. The number of piperidine rings is 1. The summed E-state index contributed by atoms with van der Waals surface area (Å²) >= 11 is 6.75. The Morgan fingerprint density at radius 1 is 1.02 bits per heavy atom. The highest BCUT2D eigenvalue weighted by atomic mass is 35.5. The number of hydrogen-bond acceptors (Lipinski definition) is 11. The van der Waals surface area contributed by atoms with E-state index in [1.807, 2.05) is 31.2 Å². The van der Waals surface area contributed by atoms with Crippen molar-refractivity contribution in [2.24, 2.45) is 5.41 Å². The Morgan fingerprint density at radius 2 is 1.65 bits per heavy atom. The molecule has 3 aromatic heterocycles. The third-order valence-corrected chi connectivity index (χ3v) is 12.7. The van der Waals surface area contributed by atoms with Crippen molar-refractivity contribution >= 4 is 64.3 Å². The maximum Gasteiger partial charge on any atom is 0.425 e. The SMILES string of the molecule is CC(C)(C)OC(=O)N(C(=O)OC(C)(C)C)c1nccc(Sc2c(CF)nc(N3CCC4(CC3)Cc3ccccc3[C@H]4N[S@+]([O-])C(C)(C)C)n3ccnc23)c1Cl. The number of carbonyl (C=O) groups excluding carboxylic acids is 2. The van der Waals surface area contributed by atoms with Gasteiger partial charge in [-0.05, 0) is 98.8 Å². The molecule has 1 aliphatic heterocycles. The first-order valence-electron chi connectivity index (χ1n) is 18.2. The van der Waals surface area contributed by atoms with Crippen LogP contribution in [0.4, 0.5) is 25.7 Å². The summed E-state index contributed by atoms with van der Waals surface area (Å²) in [5, 5.41) is -0.0442. The number of amides is 2. The second-order valence-corrected chi connectivity index (χ2v) is 20.4. The van der Waals surface area contributed by atoms with Gasteiger partial charge in [-0.15, -0.1) is 4.72 Å². The number of alkyl halides is 1. The molecule has 16 heteroatoms. The molecule has 2 aliphatic rings. The van der Waals surface area contributed by atoms with Crippen molar-refractivity contribution in [1.82, 2.24) is 24.1 Å². The Labute approximate surface area is 334 Å². The van der Waals surface area contributed by atoms with Crippen LogP contribution in [0.5, 0.6) is 0 Å². The summed E-state index contributed by atoms with van der Waals surface area (Å²) in [5.41, 5.74) is 1.09. The molecular weight excluding hydrogens is 765 g/mol. The predicted octanol–water partition coefficient (Wildman–Crippen LogP) is 9.01. The van der Waals surface area contributed by atoms with E-state index in [9.17, 15) is 14.1 Å². The highest BCUT2D eigenvalue weighted by Crippen LogP contribution is 2.53. The molecule has 6 rings (SSSR count). The van der Waals surface area contributed by atoms with Crippen LogP contribution in [-0.4, -0.2) is 65.1 Å². The number of nitrogens with one attached hydrogen (secondary N) is 1. The number of imide groups is 1. The van der Waals surface area contributed by atoms with Crippen LogP contribution in [0.25, 0.3) is 5.65 Å². The second-order valence-electron chi connectivity index (χ2n) is 16.9. The lowest BCUT2D eigenvalue weighted by Crippen LogP contribution is -2.50. The predicted molar refractivity (Wildman–Crippen MR) is 214 cm³/mol. The van der Waals surface area contributed by atoms with E-state index in [4.69, 9.17) is 26.1 Å². The van der Waals surface area contributed by atoms with E-state index >= 15 is 4.39 Å². The van der Waals surface area contributed by atoms with Crippen LogP contribution in [0, 0.1) is 5.41 Å². The number of hydrogen-bond donors (Lipinski definition) is 1. The molecule has 2 atom stereocenters. The van der Waals surface area contributed by atoms with Gasteiger partial charge < -0.3 is 18.9 Å². The van der Waals surface area contributed by atoms with Crippen LogP contribution in [0.3, 0.4) is 0 Å². The minimum Gasteiger partial charge on any atom is -0.598 e. The first-order chi connectivity index (χ1) is 25.7. The van der Waals surface area contributed by atoms with Gasteiger partial charge in [0, 0.05) is 53.4 Å². The number of benzene rings is 1. The molecule has 1 aromatic carbocycles. The van der Waals surface area contributed by atoms with E-state index in [-0.39, 0.29) is 28.0 Å². The fraction of sp³-hybridized carbons (Fsp3) is 0.513. The first-order valence-corrected chi connectivity index (χ1v) is 20.6. The summed E-state index contributed by atoms with van der Waals surface area (Å²) in [6.07, 6.45) is 5.29. The van der Waals surface area contributed by atoms with E-state index in [0.29, 0.717) is 39.4 Å². The van der Waals surface area contributed by atoms with Crippen molar-refractivity contribution in [1.29, 1.82) is 0 Å². The molecule has 0 radical (unpaired) electrons. The van der Waals surface area contributed by atoms with Gasteiger partial charge in [0.25, 0.3) is 0 Å². The molecule has 4 heterocycles. The number of imidazole rings is 1. The topological polar surface area (TPSA) is 137 Å². The van der Waals surface area contributed by atoms with Crippen LogP contribution in [-0.2, 0) is 33.9 Å². The Kier molecular flexibility index (Phi) is 11.5. The third kappa shape index (κ3) is 8.70. The summed E-state index contributed by atoms with van der Waals surface area (Å²) in [6.45, 7) is 16.4. The van der Waals surface area contributed by atoms with Crippen molar-refractivity contribution in [3.05, 3.63) is 70.8 Å². The molecule has 1 spiro atoms. The van der Waals surface area contributed by atoms with Crippen molar-refractivity contribution in [3.63, 3.8) is 0 Å². The van der Waals surface area contributed by atoms with Crippen LogP contribution in [0.2, 0.25) is 5.02 Å². The minimum absolute atomic E-state index is 0.0442. The highest BCUT2D eigenvalue weighted by Gasteiger charge is 2.50. The van der Waals surface area contributed by atoms with Gasteiger partial charge in [0.05, 0.1) is 21.7 Å². The zero-order valence-electron chi connectivity index (χ0n) is 32.7. The molecule has 0 bridgehead atoms. The molecule has 296 valence electrons. The lowest BCUT2D eigenvalue weighted by Gasteiger charge is -2.44. The molecule has 1 fully saturated rings. The molecule has 1 N–H and O–H groups in total. The zero-order chi connectivity index (χ0) is 40.1. The summed E-state index contributed by atoms with van der Waals surface area (Å²) in [4.78, 5) is 44.1. The summed E-state index contributed by atoms with van der Waals surface area (Å²) in [5.74, 6) is 0.372. The average Bonchev–Trinajstić information content (AvgIpc) is 3.68. The fourth-order valence-corrected chi connectivity index (χ4v) is 9.15. The number of carbonyl (C=O) groups is 2. The van der Waals surface area contributed by atoms with Crippen LogP contribution >= 0.6 is 23.4 Å². The quantitative estimate of drug-likeness (QED) is 0.179. The summed E-state index contributed by atoms with van der Waals surface area (Å²) in [6, 6.07) is 9.94. The molecule has 1 saturated heterocycles. The Morgan fingerprint density at radius 3 is 2.25 bits per heavy atom. The Bertz CT molecular complexity index is 2040. The molecule has 2 amide bonds. The maximum atomic E-state index is 15.0. The first kappa shape index (κ1) is 41.0. The van der Waals surface area contributed by atoms with E-state index in [2.05, 4.69) is 37.8 Å². The zero-order valence-corrected chi connectivity index (χ0v) is 35.1. The monoisotopic (exact) mass is 813 g/mol. The van der Waals surface area contributed by atoms with Crippen LogP contribution in [0.15, 0.2) is 58.7 Å². The lowest BCUT2D eigenvalue weighted by molar-refractivity contribution is 0.0429. The van der Waals surface area contributed by atoms with Gasteiger partial charge in [0.15, 0.2) is 11.5 Å². The van der Waals surface area contributed by atoms with Crippen LogP contribution < -0.4 is 14.5 Å². The number of nitrogens with zero attached hydrogens (tertiary/aromatic N) is 6. The number of aromatic nitrogens is 4. The summed E-state index contributed by atoms with van der Waals surface area (Å²) in [7, 11) is 0. The number of fused-ring (bicyclic) bond motifs is 2. The Balaban J connectivity index is 1.30. The smallest absolute Gasteiger partial charge is 0.425 e. The van der Waals surface area contributed by atoms with Crippen molar-refractivity contribution in [3.8, 4) is 0 Å².